The molecule has 0 fully saturated rings. The third kappa shape index (κ3) is 10.2. The molecule has 0 aromatic heterocycles. The number of aryl methyl sites for hydroxylation is 2. The average Bonchev–Trinajstić information content (AvgIpc) is 3.40. The van der Waals surface area contributed by atoms with Gasteiger partial charge in [-0.05, 0) is 48.4 Å². The summed E-state index contributed by atoms with van der Waals surface area (Å²) in [7, 11) is 7.73. The van der Waals surface area contributed by atoms with Crippen molar-refractivity contribution in [1.29, 1.82) is 0 Å². The number of fused-ring (bicyclic) bond motifs is 2. The van der Waals surface area contributed by atoms with Gasteiger partial charge in [-0.3, -0.25) is 0 Å². The van der Waals surface area contributed by atoms with Crippen LogP contribution in [0.2, 0.25) is 49.4 Å². The molecule has 0 heterocycles. The topological polar surface area (TPSA) is 18.5 Å². The molecule has 0 saturated carbocycles. The van der Waals surface area contributed by atoms with Crippen LogP contribution in [0.3, 0.4) is 0 Å². The zero-order valence-electron chi connectivity index (χ0n) is 28.3. The Bertz CT molecular complexity index is 1400. The van der Waals surface area contributed by atoms with E-state index in [0.717, 1.165) is 11.5 Å². The second-order valence-electron chi connectivity index (χ2n) is 14.6. The fraction of sp³-hybridized carbons (Fsp3) is 0.471. The van der Waals surface area contributed by atoms with Gasteiger partial charge in [-0.2, -0.15) is 12.1 Å². The zero-order chi connectivity index (χ0) is 32.3. The van der Waals surface area contributed by atoms with Crippen LogP contribution in [-0.4, -0.2) is 22.1 Å². The fourth-order valence-electron chi connectivity index (χ4n) is 3.75. The molecule has 4 aromatic carbocycles. The summed E-state index contributed by atoms with van der Waals surface area (Å²) in [5.74, 6) is 2.10. The van der Waals surface area contributed by atoms with E-state index in [1.807, 2.05) is 0 Å². The molecule has 2 nitrogen and oxygen atoms in total. The molecule has 0 atom stereocenters. The first-order chi connectivity index (χ1) is 19.1. The van der Waals surface area contributed by atoms with Crippen LogP contribution in [0.15, 0.2) is 60.7 Å². The minimum Gasteiger partial charge on any atom is -0.551 e. The summed E-state index contributed by atoms with van der Waals surface area (Å²) in [5.41, 5.74) is 2.38. The molecule has 232 valence electrons. The van der Waals surface area contributed by atoms with E-state index in [1.54, 1.807) is 0 Å². The molecule has 0 aliphatic heterocycles. The molecule has 0 aliphatic carbocycles. The molecule has 0 radical (unpaired) electrons. The second kappa shape index (κ2) is 14.6. The summed E-state index contributed by atoms with van der Waals surface area (Å²) in [6.07, 6.45) is 0. The number of hydrogen-bond donors (Lipinski definition) is 0. The van der Waals surface area contributed by atoms with Crippen molar-refractivity contribution in [2.24, 2.45) is 0 Å². The summed E-state index contributed by atoms with van der Waals surface area (Å²) >= 11 is -1.65. The van der Waals surface area contributed by atoms with E-state index in [0.29, 0.717) is 0 Å². The van der Waals surface area contributed by atoms with Crippen LogP contribution < -0.4 is 8.85 Å². The molecule has 42 heavy (non-hydrogen) atoms. The molecular weight excluding hydrogens is 687 g/mol. The predicted octanol–water partition coefficient (Wildman–Crippen LogP) is 12.7. The Morgan fingerprint density at radius 2 is 0.976 bits per heavy atom. The monoisotopic (exact) mass is 736 g/mol. The molecule has 4 aromatic rings. The standard InChI is InChI=1S/2C16H23OSi.C2H6Si.2ClH.Zr/c2*1-12-10-13-8-7-9-15(14(13)11-12)17-18(5,6)16(2,3)4;1-3-2;;;/h2*7-11H,1-6H3;1-2H3;2*1H;/q2*-1;;;;+2/p-2. The van der Waals surface area contributed by atoms with Gasteiger partial charge in [-0.1, -0.05) is 55.4 Å². The maximum Gasteiger partial charge on any atom is 0.249 e. The van der Waals surface area contributed by atoms with Crippen LogP contribution in [0, 0.1) is 13.8 Å². The van der Waals surface area contributed by atoms with E-state index in [-0.39, 0.29) is 15.5 Å². The molecule has 0 spiro atoms. The van der Waals surface area contributed by atoms with Crippen molar-refractivity contribution < 1.29 is 26.8 Å². The molecule has 0 amide bonds. The Hall–Kier alpha value is -0.626. The number of rotatable bonds is 4. The number of halogens is 2. The van der Waals surface area contributed by atoms with Crippen molar-refractivity contribution in [3.63, 3.8) is 0 Å². The summed E-state index contributed by atoms with van der Waals surface area (Å²) < 4.78 is 12.9. The van der Waals surface area contributed by atoms with Crippen molar-refractivity contribution in [3.05, 3.63) is 71.8 Å². The van der Waals surface area contributed by atoms with Gasteiger partial charge in [-0.15, -0.1) is 69.1 Å². The third-order valence-corrected chi connectivity index (χ3v) is 36.9. The van der Waals surface area contributed by atoms with Crippen LogP contribution >= 0.6 is 17.0 Å². The van der Waals surface area contributed by atoms with E-state index in [9.17, 15) is 0 Å². The Morgan fingerprint density at radius 1 is 0.667 bits per heavy atom. The molecule has 0 unspecified atom stereocenters. The Balaban J connectivity index is 0.000000247. The van der Waals surface area contributed by atoms with Gasteiger partial charge in [0.25, 0.3) is 0 Å². The van der Waals surface area contributed by atoms with Crippen molar-refractivity contribution in [1.82, 2.24) is 0 Å². The first-order valence-corrected chi connectivity index (χ1v) is 33.1. The predicted molar refractivity (Wildman–Crippen MR) is 193 cm³/mol. The fourth-order valence-corrected chi connectivity index (χ4v) is 5.81. The van der Waals surface area contributed by atoms with E-state index in [4.69, 9.17) is 25.9 Å². The van der Waals surface area contributed by atoms with Crippen LogP contribution in [0.25, 0.3) is 21.5 Å². The smallest absolute Gasteiger partial charge is 0.249 e. The Morgan fingerprint density at radius 3 is 1.24 bits per heavy atom. The van der Waals surface area contributed by atoms with Crippen molar-refractivity contribution in [2.45, 2.75) is 105 Å². The first-order valence-electron chi connectivity index (χ1n) is 14.7. The maximum atomic E-state index is 6.43. The molecular formula is C34H52Cl2O2Si3Zr-2. The van der Waals surface area contributed by atoms with Gasteiger partial charge >= 0.3 is 53.5 Å². The molecule has 4 rings (SSSR count). The molecule has 0 bridgehead atoms. The molecule has 0 N–H and O–H groups in total. The van der Waals surface area contributed by atoms with E-state index in [1.165, 1.54) is 32.7 Å². The summed E-state index contributed by atoms with van der Waals surface area (Å²) in [5, 5.41) is 5.53. The second-order valence-corrected chi connectivity index (χ2v) is 47.0. The van der Waals surface area contributed by atoms with Gasteiger partial charge in [0.15, 0.2) is 0 Å². The van der Waals surface area contributed by atoms with E-state index in [2.05, 4.69) is 155 Å². The Labute approximate surface area is 273 Å². The first kappa shape index (κ1) is 37.6. The van der Waals surface area contributed by atoms with Gasteiger partial charge in [0.1, 0.15) is 0 Å². The molecule has 8 heteroatoms. The van der Waals surface area contributed by atoms with Gasteiger partial charge < -0.3 is 8.85 Å². The third-order valence-electron chi connectivity index (χ3n) is 8.43. The largest absolute Gasteiger partial charge is 0.551 e. The van der Waals surface area contributed by atoms with Gasteiger partial charge in [-0.25, -0.2) is 0 Å². The minimum atomic E-state index is -1.75. The summed E-state index contributed by atoms with van der Waals surface area (Å²) in [4.78, 5) is 0. The summed E-state index contributed by atoms with van der Waals surface area (Å²) in [6.45, 7) is 31.4. The Kier molecular flexibility index (Phi) is 13.1. The van der Waals surface area contributed by atoms with Gasteiger partial charge in [0, 0.05) is 0 Å². The van der Waals surface area contributed by atoms with Gasteiger partial charge in [0.2, 0.25) is 16.6 Å². The molecule has 0 saturated heterocycles. The normalized spacial score (nSPS) is 12.3. The van der Waals surface area contributed by atoms with Crippen molar-refractivity contribution in [3.8, 4) is 11.5 Å². The van der Waals surface area contributed by atoms with Crippen LogP contribution in [0.1, 0.15) is 52.7 Å². The van der Waals surface area contributed by atoms with Crippen LogP contribution in [0.5, 0.6) is 11.5 Å². The number of benzene rings is 2. The van der Waals surface area contributed by atoms with E-state index < -0.39 is 34.6 Å². The SMILES string of the molecule is C[Si](C)=[Zr]([Cl])[Cl].Cc1cc2c(O[Si](C)(C)C(C)(C)C)cccc2[cH-]1.Cc1cc2c(O[Si](C)(C)C(C)(C)C)cccc2[cH-]1. The molecule has 0 aliphatic rings. The summed E-state index contributed by atoms with van der Waals surface area (Å²) in [6, 6.07) is 21.6. The average molecular weight is 739 g/mol. The van der Waals surface area contributed by atoms with Crippen molar-refractivity contribution in [2.75, 3.05) is 0 Å². The quantitative estimate of drug-likeness (QED) is 0.153. The van der Waals surface area contributed by atoms with Crippen molar-refractivity contribution >= 4 is 60.6 Å². The maximum absolute atomic E-state index is 6.43. The number of hydrogen-bond acceptors (Lipinski definition) is 2. The zero-order valence-corrected chi connectivity index (χ0v) is 35.3. The van der Waals surface area contributed by atoms with Crippen LogP contribution in [-0.2, 0) is 18.0 Å². The van der Waals surface area contributed by atoms with E-state index >= 15 is 0 Å². The van der Waals surface area contributed by atoms with Gasteiger partial charge in [0.05, 0.1) is 11.5 Å². The minimum absolute atomic E-state index is 0.224. The van der Waals surface area contributed by atoms with Crippen LogP contribution in [0.4, 0.5) is 0 Å².